The Labute approximate surface area is 165 Å². The Morgan fingerprint density at radius 2 is 1.89 bits per heavy atom. The molecule has 1 aromatic rings. The molecule has 0 bridgehead atoms. The van der Waals surface area contributed by atoms with Crippen LogP contribution in [0.15, 0.2) is 29.3 Å². The molecule has 4 nitrogen and oxygen atoms in total. The third-order valence-electron chi connectivity index (χ3n) is 5.54. The summed E-state index contributed by atoms with van der Waals surface area (Å²) in [6, 6.07) is 8.33. The van der Waals surface area contributed by atoms with E-state index in [2.05, 4.69) is 37.1 Å². The highest BCUT2D eigenvalue weighted by atomic mass is 16.5. The molecule has 2 aliphatic rings. The van der Waals surface area contributed by atoms with E-state index >= 15 is 0 Å². The lowest BCUT2D eigenvalue weighted by Crippen LogP contribution is -2.48. The fourth-order valence-electron chi connectivity index (χ4n) is 4.48. The van der Waals surface area contributed by atoms with Gasteiger partial charge in [0.05, 0.1) is 18.2 Å². The molecule has 2 fully saturated rings. The van der Waals surface area contributed by atoms with E-state index in [0.717, 1.165) is 38.3 Å². The maximum atomic E-state index is 6.00. The summed E-state index contributed by atoms with van der Waals surface area (Å²) in [5, 5.41) is 0. The number of rotatable bonds is 7. The van der Waals surface area contributed by atoms with Gasteiger partial charge in [-0.05, 0) is 84.2 Å². The van der Waals surface area contributed by atoms with Crippen LogP contribution in [-0.2, 0) is 11.3 Å². The van der Waals surface area contributed by atoms with Gasteiger partial charge in [0.2, 0.25) is 0 Å². The van der Waals surface area contributed by atoms with Crippen LogP contribution in [0.2, 0.25) is 0 Å². The summed E-state index contributed by atoms with van der Waals surface area (Å²) >= 11 is 0. The van der Waals surface area contributed by atoms with Crippen LogP contribution in [0.3, 0.4) is 0 Å². The van der Waals surface area contributed by atoms with Crippen LogP contribution in [0.1, 0.15) is 58.9 Å². The molecule has 27 heavy (non-hydrogen) atoms. The van der Waals surface area contributed by atoms with E-state index in [-0.39, 0.29) is 17.1 Å². The standard InChI is InChI=1S/C23H36N2O2/c1-19(2)27-21-9-7-20(8-10-21)15-24-17-23(18-25-12-5-6-13-25)11-14-26-22(3,4)16-23/h7-10,17,19H,5-6,11-16,18H2,1-4H3. The Morgan fingerprint density at radius 3 is 2.52 bits per heavy atom. The molecule has 2 aliphatic heterocycles. The summed E-state index contributed by atoms with van der Waals surface area (Å²) in [7, 11) is 0. The first-order valence-corrected chi connectivity index (χ1v) is 10.5. The molecule has 2 heterocycles. The van der Waals surface area contributed by atoms with Crippen molar-refractivity contribution in [2.24, 2.45) is 10.4 Å². The summed E-state index contributed by atoms with van der Waals surface area (Å²) in [6.07, 6.45) is 7.24. The number of nitrogens with zero attached hydrogens (tertiary/aromatic N) is 2. The SMILES string of the molecule is CC(C)Oc1ccc(CN=CC2(CN3CCCC3)CCOC(C)(C)C2)cc1. The Morgan fingerprint density at radius 1 is 1.19 bits per heavy atom. The van der Waals surface area contributed by atoms with Crippen LogP contribution in [0, 0.1) is 5.41 Å². The van der Waals surface area contributed by atoms with E-state index in [4.69, 9.17) is 14.5 Å². The van der Waals surface area contributed by atoms with Gasteiger partial charge in [-0.1, -0.05) is 12.1 Å². The highest BCUT2D eigenvalue weighted by Crippen LogP contribution is 2.39. The molecule has 4 heteroatoms. The van der Waals surface area contributed by atoms with Gasteiger partial charge in [0, 0.05) is 24.8 Å². The lowest BCUT2D eigenvalue weighted by atomic mass is 9.74. The van der Waals surface area contributed by atoms with Gasteiger partial charge in [0.25, 0.3) is 0 Å². The van der Waals surface area contributed by atoms with E-state index in [1.54, 1.807) is 0 Å². The third kappa shape index (κ3) is 6.05. The van der Waals surface area contributed by atoms with Gasteiger partial charge in [-0.15, -0.1) is 0 Å². The van der Waals surface area contributed by atoms with Crippen LogP contribution in [-0.4, -0.2) is 49.1 Å². The Bertz CT molecular complexity index is 618. The average Bonchev–Trinajstić information content (AvgIpc) is 3.07. The largest absolute Gasteiger partial charge is 0.491 e. The Hall–Kier alpha value is -1.39. The number of likely N-dealkylation sites (tertiary alicyclic amines) is 1. The van der Waals surface area contributed by atoms with Crippen molar-refractivity contribution in [3.05, 3.63) is 29.8 Å². The quantitative estimate of drug-likeness (QED) is 0.650. The van der Waals surface area contributed by atoms with Crippen LogP contribution in [0.5, 0.6) is 5.75 Å². The lowest BCUT2D eigenvalue weighted by molar-refractivity contribution is -0.0897. The molecule has 0 radical (unpaired) electrons. The van der Waals surface area contributed by atoms with Gasteiger partial charge in [-0.25, -0.2) is 0 Å². The van der Waals surface area contributed by atoms with Gasteiger partial charge in [-0.3, -0.25) is 4.99 Å². The van der Waals surface area contributed by atoms with Gasteiger partial charge in [-0.2, -0.15) is 0 Å². The minimum Gasteiger partial charge on any atom is -0.491 e. The second-order valence-electron chi connectivity index (χ2n) is 9.16. The molecule has 1 atom stereocenters. The van der Waals surface area contributed by atoms with Crippen molar-refractivity contribution in [1.29, 1.82) is 0 Å². The third-order valence-corrected chi connectivity index (χ3v) is 5.54. The highest BCUT2D eigenvalue weighted by Gasteiger charge is 2.41. The zero-order chi connectivity index (χ0) is 19.3. The molecule has 2 saturated heterocycles. The van der Waals surface area contributed by atoms with Gasteiger partial charge in [0.1, 0.15) is 5.75 Å². The van der Waals surface area contributed by atoms with Crippen LogP contribution < -0.4 is 4.74 Å². The molecule has 150 valence electrons. The van der Waals surface area contributed by atoms with Crippen molar-refractivity contribution in [2.75, 3.05) is 26.2 Å². The lowest BCUT2D eigenvalue weighted by Gasteiger charge is -2.44. The van der Waals surface area contributed by atoms with E-state index in [1.807, 2.05) is 26.0 Å². The Balaban J connectivity index is 1.66. The first-order valence-electron chi connectivity index (χ1n) is 10.5. The van der Waals surface area contributed by atoms with Crippen LogP contribution >= 0.6 is 0 Å². The predicted molar refractivity (Wildman–Crippen MR) is 112 cm³/mol. The zero-order valence-corrected chi connectivity index (χ0v) is 17.5. The highest BCUT2D eigenvalue weighted by molar-refractivity contribution is 5.66. The van der Waals surface area contributed by atoms with Crippen molar-refractivity contribution in [1.82, 2.24) is 4.90 Å². The minimum absolute atomic E-state index is 0.0696. The normalized spacial score (nSPS) is 26.1. The van der Waals surface area contributed by atoms with Crippen molar-refractivity contribution in [2.45, 2.75) is 71.6 Å². The second kappa shape index (κ2) is 8.74. The molecule has 0 aliphatic carbocycles. The average molecular weight is 373 g/mol. The predicted octanol–water partition coefficient (Wildman–Crippen LogP) is 4.72. The second-order valence-corrected chi connectivity index (χ2v) is 9.16. The maximum Gasteiger partial charge on any atom is 0.119 e. The molecule has 1 aromatic carbocycles. The summed E-state index contributed by atoms with van der Waals surface area (Å²) in [6.45, 7) is 13.7. The molecule has 0 amide bonds. The zero-order valence-electron chi connectivity index (χ0n) is 17.5. The van der Waals surface area contributed by atoms with E-state index in [0.29, 0.717) is 0 Å². The Kier molecular flexibility index (Phi) is 6.59. The molecule has 0 spiro atoms. The molecule has 3 rings (SSSR count). The monoisotopic (exact) mass is 372 g/mol. The number of hydrogen-bond donors (Lipinski definition) is 0. The van der Waals surface area contributed by atoms with Crippen LogP contribution in [0.4, 0.5) is 0 Å². The van der Waals surface area contributed by atoms with E-state index < -0.39 is 0 Å². The number of hydrogen-bond acceptors (Lipinski definition) is 4. The first-order chi connectivity index (χ1) is 12.9. The van der Waals surface area contributed by atoms with Crippen LogP contribution in [0.25, 0.3) is 0 Å². The van der Waals surface area contributed by atoms with Crippen molar-refractivity contribution in [3.63, 3.8) is 0 Å². The molecular formula is C23H36N2O2. The minimum atomic E-state index is -0.0696. The fourth-order valence-corrected chi connectivity index (χ4v) is 4.48. The van der Waals surface area contributed by atoms with E-state index in [9.17, 15) is 0 Å². The molecule has 0 saturated carbocycles. The summed E-state index contributed by atoms with van der Waals surface area (Å²) < 4.78 is 11.7. The van der Waals surface area contributed by atoms with Crippen molar-refractivity contribution >= 4 is 6.21 Å². The van der Waals surface area contributed by atoms with Crippen molar-refractivity contribution < 1.29 is 9.47 Å². The maximum absolute atomic E-state index is 6.00. The summed E-state index contributed by atoms with van der Waals surface area (Å²) in [5.41, 5.74) is 1.29. The molecular weight excluding hydrogens is 336 g/mol. The molecule has 1 unspecified atom stereocenters. The number of ether oxygens (including phenoxy) is 2. The van der Waals surface area contributed by atoms with Gasteiger partial charge < -0.3 is 14.4 Å². The molecule has 0 N–H and O–H groups in total. The van der Waals surface area contributed by atoms with E-state index in [1.165, 1.54) is 31.5 Å². The summed E-state index contributed by atoms with van der Waals surface area (Å²) in [5.74, 6) is 0.925. The first kappa shape index (κ1) is 20.3. The fraction of sp³-hybridized carbons (Fsp3) is 0.696. The van der Waals surface area contributed by atoms with Gasteiger partial charge in [0.15, 0.2) is 0 Å². The smallest absolute Gasteiger partial charge is 0.119 e. The summed E-state index contributed by atoms with van der Waals surface area (Å²) in [4.78, 5) is 7.50. The topological polar surface area (TPSA) is 34.1 Å². The number of aliphatic imine (C=N–C) groups is 1. The number of benzene rings is 1. The van der Waals surface area contributed by atoms with Gasteiger partial charge >= 0.3 is 0 Å². The van der Waals surface area contributed by atoms with Crippen molar-refractivity contribution in [3.8, 4) is 5.75 Å². The molecule has 0 aromatic heterocycles.